The number of ether oxygens (including phenoxy) is 1. The molecule has 2 heteroatoms. The van der Waals surface area contributed by atoms with Gasteiger partial charge in [0.05, 0.1) is 6.10 Å². The lowest BCUT2D eigenvalue weighted by Gasteiger charge is -2.39. The van der Waals surface area contributed by atoms with Crippen molar-refractivity contribution in [2.75, 3.05) is 0 Å². The Kier molecular flexibility index (Phi) is 4.79. The van der Waals surface area contributed by atoms with E-state index in [0.717, 1.165) is 12.8 Å². The van der Waals surface area contributed by atoms with Gasteiger partial charge in [0.2, 0.25) is 0 Å². The van der Waals surface area contributed by atoms with E-state index in [4.69, 9.17) is 4.74 Å². The van der Waals surface area contributed by atoms with Crippen LogP contribution in [0.5, 0.6) is 0 Å². The van der Waals surface area contributed by atoms with Crippen molar-refractivity contribution in [2.45, 2.75) is 66.4 Å². The van der Waals surface area contributed by atoms with Crippen LogP contribution in [0.2, 0.25) is 0 Å². The van der Waals surface area contributed by atoms with Gasteiger partial charge in [-0.2, -0.15) is 0 Å². The Morgan fingerprint density at radius 3 is 2.76 bits per heavy atom. The zero-order valence-electron chi connectivity index (χ0n) is 11.9. The summed E-state index contributed by atoms with van der Waals surface area (Å²) in [5.74, 6) is 0.460. The molecule has 0 aromatic heterocycles. The normalized spacial score (nSPS) is 25.0. The van der Waals surface area contributed by atoms with Crippen LogP contribution in [0.15, 0.2) is 11.6 Å². The van der Waals surface area contributed by atoms with Crippen LogP contribution in [-0.2, 0) is 9.53 Å². The average Bonchev–Trinajstić information content (AvgIpc) is 2.14. The van der Waals surface area contributed by atoms with Crippen LogP contribution in [0.3, 0.4) is 0 Å². The van der Waals surface area contributed by atoms with Gasteiger partial charge in [-0.3, -0.25) is 4.79 Å². The topological polar surface area (TPSA) is 26.3 Å². The monoisotopic (exact) mass is 238 g/mol. The predicted molar refractivity (Wildman–Crippen MR) is 70.7 cm³/mol. The second-order valence-electron chi connectivity index (χ2n) is 6.03. The smallest absolute Gasteiger partial charge is 0.302 e. The Hall–Kier alpha value is -0.790. The third-order valence-corrected chi connectivity index (χ3v) is 3.98. The lowest BCUT2D eigenvalue weighted by molar-refractivity contribution is -0.145. The summed E-state index contributed by atoms with van der Waals surface area (Å²) < 4.78 is 5.19. The summed E-state index contributed by atoms with van der Waals surface area (Å²) in [6, 6.07) is 0. The van der Waals surface area contributed by atoms with Crippen LogP contribution in [0, 0.1) is 11.3 Å². The summed E-state index contributed by atoms with van der Waals surface area (Å²) in [6.45, 7) is 10.4. The molecular formula is C15H26O2. The first-order valence-corrected chi connectivity index (χ1v) is 6.67. The number of hydrogen-bond acceptors (Lipinski definition) is 2. The van der Waals surface area contributed by atoms with Crippen molar-refractivity contribution in [3.63, 3.8) is 0 Å². The highest BCUT2D eigenvalue weighted by molar-refractivity contribution is 5.66. The molecular weight excluding hydrogens is 212 g/mol. The van der Waals surface area contributed by atoms with E-state index < -0.39 is 0 Å². The van der Waals surface area contributed by atoms with E-state index in [1.54, 1.807) is 0 Å². The summed E-state index contributed by atoms with van der Waals surface area (Å²) in [5, 5.41) is 0. The third kappa shape index (κ3) is 4.18. The minimum absolute atomic E-state index is 0.0398. The molecule has 0 amide bonds. The number of hydrogen-bond donors (Lipinski definition) is 0. The largest absolute Gasteiger partial charge is 0.463 e. The zero-order valence-corrected chi connectivity index (χ0v) is 11.9. The molecule has 1 aliphatic rings. The highest BCUT2D eigenvalue weighted by Crippen LogP contribution is 2.43. The van der Waals surface area contributed by atoms with E-state index in [1.165, 1.54) is 25.3 Å². The van der Waals surface area contributed by atoms with Crippen LogP contribution in [0.25, 0.3) is 0 Å². The molecule has 0 aromatic carbocycles. The predicted octanol–water partition coefficient (Wildman–Crippen LogP) is 4.10. The molecule has 0 saturated heterocycles. The Bertz CT molecular complexity index is 302. The van der Waals surface area contributed by atoms with Crippen LogP contribution in [0.1, 0.15) is 60.3 Å². The summed E-state index contributed by atoms with van der Waals surface area (Å²) in [6.07, 6.45) is 6.94. The molecule has 0 spiro atoms. The molecule has 0 N–H and O–H groups in total. The van der Waals surface area contributed by atoms with Gasteiger partial charge in [0.15, 0.2) is 0 Å². The molecule has 0 heterocycles. The van der Waals surface area contributed by atoms with Gasteiger partial charge in [0.1, 0.15) is 0 Å². The van der Waals surface area contributed by atoms with Crippen molar-refractivity contribution in [1.82, 2.24) is 0 Å². The van der Waals surface area contributed by atoms with Gasteiger partial charge in [0.25, 0.3) is 0 Å². The molecule has 17 heavy (non-hydrogen) atoms. The van der Waals surface area contributed by atoms with Crippen LogP contribution < -0.4 is 0 Å². The van der Waals surface area contributed by atoms with E-state index in [9.17, 15) is 4.79 Å². The maximum atomic E-state index is 10.9. The molecule has 0 bridgehead atoms. The lowest BCUT2D eigenvalue weighted by atomic mass is 9.67. The number of rotatable bonds is 4. The number of allylic oxidation sites excluding steroid dienone is 2. The van der Waals surface area contributed by atoms with E-state index in [1.807, 2.05) is 6.92 Å². The van der Waals surface area contributed by atoms with E-state index in [-0.39, 0.29) is 12.1 Å². The van der Waals surface area contributed by atoms with Crippen molar-refractivity contribution < 1.29 is 9.53 Å². The van der Waals surface area contributed by atoms with E-state index in [0.29, 0.717) is 11.3 Å². The summed E-state index contributed by atoms with van der Waals surface area (Å²) in [5.41, 5.74) is 1.89. The Balaban J connectivity index is 2.52. The van der Waals surface area contributed by atoms with Crippen LogP contribution >= 0.6 is 0 Å². The lowest BCUT2D eigenvalue weighted by Crippen LogP contribution is -2.29. The molecule has 0 fully saturated rings. The SMILES string of the molecule is CC(=O)OC(C)CCC1C(C)=CCCC1(C)C. The summed E-state index contributed by atoms with van der Waals surface area (Å²) >= 11 is 0. The van der Waals surface area contributed by atoms with Gasteiger partial charge < -0.3 is 4.74 Å². The van der Waals surface area contributed by atoms with Crippen molar-refractivity contribution in [3.8, 4) is 0 Å². The van der Waals surface area contributed by atoms with Crippen molar-refractivity contribution in [2.24, 2.45) is 11.3 Å². The third-order valence-electron chi connectivity index (χ3n) is 3.98. The van der Waals surface area contributed by atoms with Crippen molar-refractivity contribution in [3.05, 3.63) is 11.6 Å². The molecule has 1 rings (SSSR count). The minimum atomic E-state index is -0.173. The van der Waals surface area contributed by atoms with Crippen LogP contribution in [-0.4, -0.2) is 12.1 Å². The zero-order chi connectivity index (χ0) is 13.1. The molecule has 0 aliphatic heterocycles. The fourth-order valence-electron chi connectivity index (χ4n) is 2.97. The molecule has 2 unspecified atom stereocenters. The molecule has 1 aliphatic carbocycles. The molecule has 0 saturated carbocycles. The Morgan fingerprint density at radius 2 is 2.24 bits per heavy atom. The standard InChI is InChI=1S/C15H26O2/c1-11-7-6-10-15(4,5)14(11)9-8-12(2)17-13(3)16/h7,12,14H,6,8-10H2,1-5H3. The average molecular weight is 238 g/mol. The second-order valence-corrected chi connectivity index (χ2v) is 6.03. The fourth-order valence-corrected chi connectivity index (χ4v) is 2.97. The maximum Gasteiger partial charge on any atom is 0.302 e. The first kappa shape index (κ1) is 14.3. The van der Waals surface area contributed by atoms with Crippen LogP contribution in [0.4, 0.5) is 0 Å². The van der Waals surface area contributed by atoms with Crippen molar-refractivity contribution in [1.29, 1.82) is 0 Å². The summed E-state index contributed by atoms with van der Waals surface area (Å²) in [7, 11) is 0. The van der Waals surface area contributed by atoms with Gasteiger partial charge in [-0.15, -0.1) is 0 Å². The Morgan fingerprint density at radius 1 is 1.59 bits per heavy atom. The minimum Gasteiger partial charge on any atom is -0.463 e. The summed E-state index contributed by atoms with van der Waals surface area (Å²) in [4.78, 5) is 10.9. The highest BCUT2D eigenvalue weighted by atomic mass is 16.5. The fraction of sp³-hybridized carbons (Fsp3) is 0.800. The highest BCUT2D eigenvalue weighted by Gasteiger charge is 2.32. The van der Waals surface area contributed by atoms with Gasteiger partial charge >= 0.3 is 5.97 Å². The molecule has 2 atom stereocenters. The van der Waals surface area contributed by atoms with E-state index >= 15 is 0 Å². The van der Waals surface area contributed by atoms with E-state index in [2.05, 4.69) is 26.8 Å². The molecule has 98 valence electrons. The van der Waals surface area contributed by atoms with Gasteiger partial charge in [0, 0.05) is 6.92 Å². The Labute approximate surface area is 105 Å². The van der Waals surface area contributed by atoms with Crippen molar-refractivity contribution >= 4 is 5.97 Å². The quantitative estimate of drug-likeness (QED) is 0.544. The van der Waals surface area contributed by atoms with Gasteiger partial charge in [-0.05, 0) is 50.9 Å². The van der Waals surface area contributed by atoms with Gasteiger partial charge in [-0.1, -0.05) is 25.5 Å². The maximum absolute atomic E-state index is 10.9. The first-order valence-electron chi connectivity index (χ1n) is 6.67. The number of esters is 1. The molecule has 0 aromatic rings. The molecule has 2 nitrogen and oxygen atoms in total. The first-order chi connectivity index (χ1) is 7.83. The number of carbonyl (C=O) groups is 1. The number of carbonyl (C=O) groups excluding carboxylic acids is 1. The second kappa shape index (κ2) is 5.70. The van der Waals surface area contributed by atoms with Gasteiger partial charge in [-0.25, -0.2) is 0 Å². The molecule has 0 radical (unpaired) electrons.